The highest BCUT2D eigenvalue weighted by atomic mass is 32.1. The maximum absolute atomic E-state index is 12.1. The summed E-state index contributed by atoms with van der Waals surface area (Å²) in [5.74, 6) is -0.0688. The molecule has 2 aromatic rings. The summed E-state index contributed by atoms with van der Waals surface area (Å²) >= 11 is 1.77. The van der Waals surface area contributed by atoms with Gasteiger partial charge in [-0.15, -0.1) is 11.3 Å². The zero-order chi connectivity index (χ0) is 16.9. The summed E-state index contributed by atoms with van der Waals surface area (Å²) in [6, 6.07) is 10.5. The van der Waals surface area contributed by atoms with E-state index in [0.29, 0.717) is 18.2 Å². The highest BCUT2D eigenvalue weighted by Crippen LogP contribution is 2.34. The van der Waals surface area contributed by atoms with Crippen molar-refractivity contribution in [2.75, 3.05) is 18.4 Å². The number of amides is 1. The number of likely N-dealkylation sites (tertiary alicyclic amines) is 1. The zero-order valence-corrected chi connectivity index (χ0v) is 14.0. The van der Waals surface area contributed by atoms with Crippen LogP contribution in [0.4, 0.5) is 11.4 Å². The summed E-state index contributed by atoms with van der Waals surface area (Å²) in [5.41, 5.74) is 0.602. The number of carbonyl (C=O) groups is 1. The fourth-order valence-corrected chi connectivity index (χ4v) is 3.93. The number of nitrogens with zero attached hydrogens (tertiary/aromatic N) is 2. The number of non-ortho nitro benzene ring substituents is 1. The average Bonchev–Trinajstić information content (AvgIpc) is 3.24. The second-order valence-electron chi connectivity index (χ2n) is 5.81. The molecule has 0 unspecified atom stereocenters. The largest absolute Gasteiger partial charge is 0.326 e. The van der Waals surface area contributed by atoms with E-state index >= 15 is 0 Å². The first kappa shape index (κ1) is 16.6. The molecule has 1 fully saturated rings. The highest BCUT2D eigenvalue weighted by Gasteiger charge is 2.26. The van der Waals surface area contributed by atoms with E-state index in [-0.39, 0.29) is 11.6 Å². The van der Waals surface area contributed by atoms with Gasteiger partial charge in [-0.3, -0.25) is 19.8 Å². The van der Waals surface area contributed by atoms with Crippen molar-refractivity contribution < 1.29 is 9.72 Å². The molecule has 1 saturated heterocycles. The summed E-state index contributed by atoms with van der Waals surface area (Å²) < 4.78 is 0. The third-order valence-electron chi connectivity index (χ3n) is 4.22. The van der Waals surface area contributed by atoms with Crippen molar-refractivity contribution >= 4 is 28.6 Å². The van der Waals surface area contributed by atoms with E-state index in [1.807, 2.05) is 0 Å². The van der Waals surface area contributed by atoms with Crippen LogP contribution in [0, 0.1) is 10.1 Å². The maximum atomic E-state index is 12.1. The Morgan fingerprint density at radius 2 is 2.12 bits per heavy atom. The molecule has 0 radical (unpaired) electrons. The van der Waals surface area contributed by atoms with E-state index in [4.69, 9.17) is 0 Å². The number of nitro groups is 1. The fraction of sp³-hybridized carbons (Fsp3) is 0.353. The summed E-state index contributed by atoms with van der Waals surface area (Å²) in [6.07, 6.45) is 2.72. The van der Waals surface area contributed by atoms with E-state index in [1.165, 1.54) is 17.0 Å². The number of thiophene rings is 1. The molecule has 0 saturated carbocycles. The topological polar surface area (TPSA) is 75.5 Å². The Morgan fingerprint density at radius 1 is 1.33 bits per heavy atom. The Balaban J connectivity index is 1.51. The molecule has 1 aliphatic rings. The van der Waals surface area contributed by atoms with Gasteiger partial charge < -0.3 is 5.32 Å². The minimum Gasteiger partial charge on any atom is -0.326 e. The molecule has 126 valence electrons. The van der Waals surface area contributed by atoms with Gasteiger partial charge in [-0.1, -0.05) is 6.07 Å². The minimum atomic E-state index is -0.455. The predicted molar refractivity (Wildman–Crippen MR) is 94.2 cm³/mol. The third kappa shape index (κ3) is 3.98. The molecular weight excluding hydrogens is 326 g/mol. The van der Waals surface area contributed by atoms with E-state index < -0.39 is 4.92 Å². The van der Waals surface area contributed by atoms with Gasteiger partial charge >= 0.3 is 0 Å². The van der Waals surface area contributed by atoms with E-state index in [1.54, 1.807) is 23.5 Å². The van der Waals surface area contributed by atoms with E-state index in [9.17, 15) is 14.9 Å². The molecule has 2 heterocycles. The Labute approximate surface area is 144 Å². The third-order valence-corrected chi connectivity index (χ3v) is 5.20. The van der Waals surface area contributed by atoms with Crippen LogP contribution in [0.1, 0.15) is 30.2 Å². The lowest BCUT2D eigenvalue weighted by atomic mass is 10.2. The highest BCUT2D eigenvalue weighted by molar-refractivity contribution is 7.10. The standard InChI is InChI=1S/C17H19N3O3S/c21-17(18-13-5-7-14(8-6-13)20(22)23)9-11-19-10-1-3-15(19)16-4-2-12-24-16/h2,4-8,12,15H,1,3,9-11H2,(H,18,21)/t15-/m0/s1. The van der Waals surface area contributed by atoms with Gasteiger partial charge in [-0.2, -0.15) is 0 Å². The Hall–Kier alpha value is -2.25. The van der Waals surface area contributed by atoms with Crippen LogP contribution >= 0.6 is 11.3 Å². The molecule has 1 amide bonds. The zero-order valence-electron chi connectivity index (χ0n) is 13.2. The minimum absolute atomic E-state index is 0.0175. The first-order valence-electron chi connectivity index (χ1n) is 7.95. The number of benzene rings is 1. The number of hydrogen-bond donors (Lipinski definition) is 1. The Morgan fingerprint density at radius 3 is 2.79 bits per heavy atom. The van der Waals surface area contributed by atoms with Gasteiger partial charge in [-0.25, -0.2) is 0 Å². The van der Waals surface area contributed by atoms with Gasteiger partial charge in [-0.05, 0) is 43.0 Å². The molecular formula is C17H19N3O3S. The van der Waals surface area contributed by atoms with E-state index in [2.05, 4.69) is 27.7 Å². The van der Waals surface area contributed by atoms with Crippen molar-refractivity contribution in [2.24, 2.45) is 0 Å². The number of carbonyl (C=O) groups excluding carboxylic acids is 1. The van der Waals surface area contributed by atoms with Crippen LogP contribution in [0.15, 0.2) is 41.8 Å². The summed E-state index contributed by atoms with van der Waals surface area (Å²) in [7, 11) is 0. The molecule has 1 aromatic carbocycles. The van der Waals surface area contributed by atoms with Crippen molar-refractivity contribution in [1.82, 2.24) is 4.90 Å². The van der Waals surface area contributed by atoms with Crippen LogP contribution in [-0.4, -0.2) is 28.8 Å². The average molecular weight is 345 g/mol. The number of hydrogen-bond acceptors (Lipinski definition) is 5. The van der Waals surface area contributed by atoms with Crippen LogP contribution in [0.25, 0.3) is 0 Å². The van der Waals surface area contributed by atoms with Gasteiger partial charge in [0.05, 0.1) is 4.92 Å². The monoisotopic (exact) mass is 345 g/mol. The number of anilines is 1. The predicted octanol–water partition coefficient (Wildman–Crippen LogP) is 3.82. The number of nitrogens with one attached hydrogen (secondary N) is 1. The van der Waals surface area contributed by atoms with Crippen LogP contribution in [-0.2, 0) is 4.79 Å². The van der Waals surface area contributed by atoms with Crippen molar-refractivity contribution in [3.8, 4) is 0 Å². The van der Waals surface area contributed by atoms with Crippen molar-refractivity contribution in [3.05, 3.63) is 56.8 Å². The van der Waals surface area contributed by atoms with Crippen LogP contribution in [0.3, 0.4) is 0 Å². The van der Waals surface area contributed by atoms with Gasteiger partial charge in [0, 0.05) is 41.7 Å². The quantitative estimate of drug-likeness (QED) is 0.638. The summed E-state index contributed by atoms with van der Waals surface area (Å²) in [6.45, 7) is 1.74. The lowest BCUT2D eigenvalue weighted by Gasteiger charge is -2.23. The van der Waals surface area contributed by atoms with Crippen molar-refractivity contribution in [3.63, 3.8) is 0 Å². The van der Waals surface area contributed by atoms with Gasteiger partial charge in [0.2, 0.25) is 5.91 Å². The normalized spacial score (nSPS) is 17.8. The summed E-state index contributed by atoms with van der Waals surface area (Å²) in [4.78, 5) is 26.0. The number of rotatable bonds is 6. The smallest absolute Gasteiger partial charge is 0.269 e. The molecule has 7 heteroatoms. The molecule has 3 rings (SSSR count). The lowest BCUT2D eigenvalue weighted by Crippen LogP contribution is -2.27. The molecule has 1 aliphatic heterocycles. The lowest BCUT2D eigenvalue weighted by molar-refractivity contribution is -0.384. The molecule has 0 aliphatic carbocycles. The molecule has 1 N–H and O–H groups in total. The van der Waals surface area contributed by atoms with Gasteiger partial charge in [0.25, 0.3) is 5.69 Å². The van der Waals surface area contributed by atoms with Crippen LogP contribution < -0.4 is 5.32 Å². The summed E-state index contributed by atoms with van der Waals surface area (Å²) in [5, 5.41) is 15.5. The Kier molecular flexibility index (Phi) is 5.22. The second-order valence-corrected chi connectivity index (χ2v) is 6.79. The van der Waals surface area contributed by atoms with E-state index in [0.717, 1.165) is 25.9 Å². The van der Waals surface area contributed by atoms with Crippen LogP contribution in [0.5, 0.6) is 0 Å². The molecule has 6 nitrogen and oxygen atoms in total. The molecule has 1 aromatic heterocycles. The van der Waals surface area contributed by atoms with Gasteiger partial charge in [0.1, 0.15) is 0 Å². The molecule has 1 atom stereocenters. The molecule has 0 bridgehead atoms. The first-order chi connectivity index (χ1) is 11.6. The Bertz CT molecular complexity index is 700. The van der Waals surface area contributed by atoms with Crippen LogP contribution in [0.2, 0.25) is 0 Å². The second kappa shape index (κ2) is 7.55. The SMILES string of the molecule is O=C(CCN1CCC[C@H]1c1cccs1)Nc1ccc([N+](=O)[O-])cc1. The van der Waals surface area contributed by atoms with Gasteiger partial charge in [0.15, 0.2) is 0 Å². The van der Waals surface area contributed by atoms with Crippen molar-refractivity contribution in [2.45, 2.75) is 25.3 Å². The van der Waals surface area contributed by atoms with Crippen molar-refractivity contribution in [1.29, 1.82) is 0 Å². The first-order valence-corrected chi connectivity index (χ1v) is 8.83. The molecule has 0 spiro atoms. The maximum Gasteiger partial charge on any atom is 0.269 e. The number of nitro benzene ring substituents is 1. The molecule has 24 heavy (non-hydrogen) atoms. The fourth-order valence-electron chi connectivity index (χ4n) is 3.03.